The van der Waals surface area contributed by atoms with Crippen LogP contribution in [-0.4, -0.2) is 78.1 Å². The van der Waals surface area contributed by atoms with Gasteiger partial charge in [-0.25, -0.2) is 23.9 Å². The molecule has 0 atom stereocenters. The van der Waals surface area contributed by atoms with Crippen molar-refractivity contribution in [3.63, 3.8) is 0 Å². The largest absolute Gasteiger partial charge is 0.601 e. The maximum Gasteiger partial charge on any atom is 0.275 e. The van der Waals surface area contributed by atoms with E-state index in [4.69, 9.17) is 14.6 Å². The van der Waals surface area contributed by atoms with E-state index in [0.717, 1.165) is 24.8 Å². The summed E-state index contributed by atoms with van der Waals surface area (Å²) in [5.41, 5.74) is 2.69. The highest BCUT2D eigenvalue weighted by Crippen LogP contribution is 2.33. The fraction of sp³-hybridized carbons (Fsp3) is 0.556. The van der Waals surface area contributed by atoms with Crippen molar-refractivity contribution in [1.82, 2.24) is 23.7 Å². The normalized spacial score (nSPS) is 14.9. The average molecular weight is 579 g/mol. The number of nitrogens with zero attached hydrogens (tertiary/aromatic N) is 4. The van der Waals surface area contributed by atoms with E-state index in [0.29, 0.717) is 73.9 Å². The topological polar surface area (TPSA) is 149 Å². The monoisotopic (exact) mass is 578 g/mol. The highest BCUT2D eigenvalue weighted by molar-refractivity contribution is 7.89. The first-order valence-corrected chi connectivity index (χ1v) is 14.9. The number of H-pyrrole nitrogens is 1. The molecule has 13 heteroatoms. The number of hydrogen-bond donors (Lipinski definition) is 2. The van der Waals surface area contributed by atoms with E-state index < -0.39 is 10.0 Å². The van der Waals surface area contributed by atoms with Gasteiger partial charge in [-0.1, -0.05) is 27.7 Å². The summed E-state index contributed by atoms with van der Waals surface area (Å²) in [4.78, 5) is 27.9. The lowest BCUT2D eigenvalue weighted by Crippen LogP contribution is -2.76. The van der Waals surface area contributed by atoms with Gasteiger partial charge < -0.3 is 19.5 Å². The molecule has 2 aromatic heterocycles. The highest BCUT2D eigenvalue weighted by atomic mass is 32.2. The summed E-state index contributed by atoms with van der Waals surface area (Å²) < 4.78 is 36.6. The molecule has 222 valence electrons. The van der Waals surface area contributed by atoms with Gasteiger partial charge in [0.2, 0.25) is 10.0 Å². The van der Waals surface area contributed by atoms with Crippen molar-refractivity contribution in [3.8, 4) is 17.1 Å². The Balaban J connectivity index is 0.00000441. The quantitative estimate of drug-likeness (QED) is 0.231. The fourth-order valence-corrected chi connectivity index (χ4v) is 6.31. The van der Waals surface area contributed by atoms with Crippen LogP contribution in [0.2, 0.25) is 0 Å². The Bertz CT molecular complexity index is 1430. The van der Waals surface area contributed by atoms with Crippen LogP contribution in [0.4, 0.5) is 0 Å². The van der Waals surface area contributed by atoms with E-state index in [-0.39, 0.29) is 30.3 Å². The lowest BCUT2D eigenvalue weighted by molar-refractivity contribution is -0.850. The third kappa shape index (κ3) is 6.73. The van der Waals surface area contributed by atoms with Gasteiger partial charge in [-0.15, -0.1) is 0 Å². The van der Waals surface area contributed by atoms with E-state index in [1.807, 2.05) is 24.6 Å². The fourth-order valence-electron chi connectivity index (χ4n) is 4.87. The summed E-state index contributed by atoms with van der Waals surface area (Å²) >= 11 is 0. The van der Waals surface area contributed by atoms with Gasteiger partial charge in [0.15, 0.2) is 0 Å². The Labute approximate surface area is 235 Å². The van der Waals surface area contributed by atoms with Gasteiger partial charge in [0.05, 0.1) is 22.6 Å². The van der Waals surface area contributed by atoms with Gasteiger partial charge in [-0.3, -0.25) is 9.69 Å². The molecule has 0 aliphatic carbocycles. The second-order valence-electron chi connectivity index (χ2n) is 9.52. The molecular weight excluding hydrogens is 536 g/mol. The molecule has 0 saturated carbocycles. The minimum Gasteiger partial charge on any atom is -0.601 e. The molecule has 1 aliphatic heterocycles. The van der Waals surface area contributed by atoms with Crippen molar-refractivity contribution >= 4 is 21.1 Å². The Morgan fingerprint density at radius 2 is 1.85 bits per heavy atom. The Hall–Kier alpha value is -2.81. The Morgan fingerprint density at radius 3 is 2.50 bits per heavy atom. The van der Waals surface area contributed by atoms with E-state index in [1.54, 1.807) is 18.2 Å². The number of nitrogens with one attached hydrogen (secondary N) is 1. The number of sulfonamides is 1. The van der Waals surface area contributed by atoms with Gasteiger partial charge in [0, 0.05) is 45.5 Å². The van der Waals surface area contributed by atoms with Crippen molar-refractivity contribution in [2.75, 3.05) is 45.9 Å². The zero-order valence-electron chi connectivity index (χ0n) is 22.8. The number of ether oxygens (including phenoxy) is 1. The summed E-state index contributed by atoms with van der Waals surface area (Å²) in [5.74, 6) is 0.743. The van der Waals surface area contributed by atoms with Crippen LogP contribution < -0.4 is 15.9 Å². The van der Waals surface area contributed by atoms with Gasteiger partial charge in [0.1, 0.15) is 23.7 Å². The number of rotatable bonds is 13. The van der Waals surface area contributed by atoms with Gasteiger partial charge >= 0.3 is 0 Å². The number of aromatic nitrogens is 3. The number of nitrogens with two attached hydrogens (primary N) is 1. The second-order valence-corrected chi connectivity index (χ2v) is 11.5. The molecule has 1 saturated heterocycles. The summed E-state index contributed by atoms with van der Waals surface area (Å²) in [7, 11) is -3.81. The first-order valence-electron chi connectivity index (χ1n) is 13.5. The molecule has 0 spiro atoms. The number of piperazine rings is 1. The molecule has 0 bridgehead atoms. The van der Waals surface area contributed by atoms with Crippen molar-refractivity contribution in [3.05, 3.63) is 45.5 Å². The van der Waals surface area contributed by atoms with Crippen LogP contribution in [-0.2, 0) is 27.8 Å². The minimum atomic E-state index is -3.81. The first-order chi connectivity index (χ1) is 18.8. The lowest BCUT2D eigenvalue weighted by atomic mass is 10.1. The number of fused-ring (bicyclic) bond motifs is 1. The molecule has 1 aromatic carbocycles. The Morgan fingerprint density at radius 1 is 1.10 bits per heavy atom. The van der Waals surface area contributed by atoms with Crippen LogP contribution in [0.15, 0.2) is 34.1 Å². The lowest BCUT2D eigenvalue weighted by Gasteiger charge is -2.33. The van der Waals surface area contributed by atoms with E-state index >= 15 is 0 Å². The van der Waals surface area contributed by atoms with Gasteiger partial charge in [-0.05, 0) is 43.5 Å². The molecule has 3 aromatic rings. The third-order valence-corrected chi connectivity index (χ3v) is 8.78. The number of aryl methyl sites for hydroxylation is 2. The highest BCUT2D eigenvalue weighted by Gasteiger charge is 2.30. The predicted molar refractivity (Wildman–Crippen MR) is 154 cm³/mol. The number of benzene rings is 1. The van der Waals surface area contributed by atoms with E-state index in [9.17, 15) is 18.4 Å². The maximum atomic E-state index is 13.6. The van der Waals surface area contributed by atoms with Crippen LogP contribution in [0.5, 0.6) is 5.75 Å². The zero-order chi connectivity index (χ0) is 28.0. The third-order valence-electron chi connectivity index (χ3n) is 6.89. The summed E-state index contributed by atoms with van der Waals surface area (Å²) in [6.45, 7) is 9.65. The SMILES string of the molecule is C.CCCOc1ccc(S(=O)(=O)N2CCN(CCO[NH2+][O-])CC2)cc1-c1nc2c(CCC)cn(CC)c2c(=O)[nH]1. The van der Waals surface area contributed by atoms with Gasteiger partial charge in [0.25, 0.3) is 5.56 Å². The van der Waals surface area contributed by atoms with Gasteiger partial charge in [-0.2, -0.15) is 4.31 Å². The summed E-state index contributed by atoms with van der Waals surface area (Å²) in [5, 5.41) is 10.4. The second kappa shape index (κ2) is 14.2. The maximum absolute atomic E-state index is 13.6. The zero-order valence-corrected chi connectivity index (χ0v) is 23.6. The van der Waals surface area contributed by atoms with Crippen molar-refractivity contribution < 1.29 is 23.6 Å². The van der Waals surface area contributed by atoms with Crippen LogP contribution in [0.1, 0.15) is 46.6 Å². The standard InChI is InChI=1S/C26H38N6O6S.CH4/c1-4-7-19-18-31(6-3)24-23(19)27-25(28-26(24)33)21-17-20(8-9-22(21)37-15-5-2)39(35,36)32-12-10-30(11-13-32)14-16-38-29-34;/h8-9,17-18H,4-7,10-16,29H2,1-3H3,(H,27,28,33);1H4. The molecule has 1 fully saturated rings. The van der Waals surface area contributed by atoms with Crippen LogP contribution >= 0.6 is 0 Å². The number of quaternary nitrogens is 1. The molecule has 4 rings (SSSR count). The predicted octanol–water partition coefficient (Wildman–Crippen LogP) is 2.09. The average Bonchev–Trinajstić information content (AvgIpc) is 3.30. The number of hydrogen-bond acceptors (Lipinski definition) is 8. The minimum absolute atomic E-state index is 0. The molecule has 12 nitrogen and oxygen atoms in total. The smallest absolute Gasteiger partial charge is 0.275 e. The molecule has 3 N–H and O–H groups in total. The molecule has 0 unspecified atom stereocenters. The molecule has 0 radical (unpaired) electrons. The van der Waals surface area contributed by atoms with E-state index in [2.05, 4.69) is 16.8 Å². The summed E-state index contributed by atoms with van der Waals surface area (Å²) in [6.07, 6.45) is 4.42. The number of aromatic amines is 1. The Kier molecular flexibility index (Phi) is 11.3. The summed E-state index contributed by atoms with van der Waals surface area (Å²) in [6, 6.07) is 4.73. The van der Waals surface area contributed by atoms with Crippen LogP contribution in [0.3, 0.4) is 0 Å². The van der Waals surface area contributed by atoms with Crippen LogP contribution in [0.25, 0.3) is 22.4 Å². The first kappa shape index (κ1) is 31.7. The molecule has 1 aliphatic rings. The molecule has 0 amide bonds. The molecule has 3 heterocycles. The van der Waals surface area contributed by atoms with Crippen LogP contribution in [0, 0.1) is 5.21 Å². The van der Waals surface area contributed by atoms with E-state index in [1.165, 1.54) is 4.31 Å². The van der Waals surface area contributed by atoms with Crippen molar-refractivity contribution in [1.29, 1.82) is 0 Å². The molecular formula is C27H42N6O6S. The molecule has 40 heavy (non-hydrogen) atoms. The van der Waals surface area contributed by atoms with Crippen molar-refractivity contribution in [2.24, 2.45) is 0 Å². The van der Waals surface area contributed by atoms with Crippen molar-refractivity contribution in [2.45, 2.75) is 58.9 Å².